The maximum absolute atomic E-state index is 10.9. The Kier molecular flexibility index (Phi) is 8.91. The minimum absolute atomic E-state index is 0.207. The van der Waals surface area contributed by atoms with Crippen molar-refractivity contribution >= 4 is 35.3 Å². The van der Waals surface area contributed by atoms with Crippen LogP contribution in [0.3, 0.4) is 0 Å². The highest BCUT2D eigenvalue weighted by Gasteiger charge is 2.22. The fourth-order valence-electron chi connectivity index (χ4n) is 3.29. The number of hydrogen-bond donors (Lipinski definition) is 4. The topological polar surface area (TPSA) is 91.9 Å². The molecule has 1 aliphatic carbocycles. The Balaban J connectivity index is 1.60. The number of hydrogen-bond acceptors (Lipinski definition) is 7. The molecule has 0 aliphatic heterocycles. The zero-order valence-electron chi connectivity index (χ0n) is 20.1. The van der Waals surface area contributed by atoms with E-state index in [1.54, 1.807) is 37.7 Å². The lowest BCUT2D eigenvalue weighted by Crippen LogP contribution is -2.26. The monoisotopic (exact) mass is 523 g/mol. The standard InChI is InChI=1S/C27H29N3O4S2/c1-33-19-5-9-21(10-6-19)35-23-13-14-25(36-22-11-7-20(34-2)8-12-22)24(17-23)30-26(29-18-3-4-18)15-16-28-27(31)32/h5-15,17-18,28-30H,3-4,16H2,1-2H3,(H,31,32)/b26-15+. The average Bonchev–Trinajstić information content (AvgIpc) is 3.70. The Hall–Kier alpha value is -3.43. The summed E-state index contributed by atoms with van der Waals surface area (Å²) < 4.78 is 10.6. The third-order valence-electron chi connectivity index (χ3n) is 5.30. The molecule has 3 aromatic carbocycles. The summed E-state index contributed by atoms with van der Waals surface area (Å²) in [4.78, 5) is 15.3. The first-order chi connectivity index (χ1) is 17.5. The molecular weight excluding hydrogens is 494 g/mol. The minimum Gasteiger partial charge on any atom is -0.497 e. The molecule has 0 aromatic heterocycles. The normalized spacial score (nSPS) is 13.1. The molecule has 1 aliphatic rings. The lowest BCUT2D eigenvalue weighted by molar-refractivity contribution is 0.195. The molecule has 0 heterocycles. The predicted molar refractivity (Wildman–Crippen MR) is 145 cm³/mol. The van der Waals surface area contributed by atoms with Crippen LogP contribution in [0.15, 0.2) is 98.2 Å². The Bertz CT molecular complexity index is 1200. The van der Waals surface area contributed by atoms with Gasteiger partial charge in [-0.1, -0.05) is 23.5 Å². The van der Waals surface area contributed by atoms with Crippen molar-refractivity contribution in [2.45, 2.75) is 38.5 Å². The molecule has 1 saturated carbocycles. The molecule has 36 heavy (non-hydrogen) atoms. The van der Waals surface area contributed by atoms with E-state index in [-0.39, 0.29) is 6.54 Å². The van der Waals surface area contributed by atoms with Gasteiger partial charge in [0.25, 0.3) is 0 Å². The molecule has 1 amide bonds. The van der Waals surface area contributed by atoms with Crippen LogP contribution >= 0.6 is 23.5 Å². The summed E-state index contributed by atoms with van der Waals surface area (Å²) >= 11 is 3.31. The molecule has 9 heteroatoms. The molecule has 0 unspecified atom stereocenters. The van der Waals surface area contributed by atoms with E-state index in [0.29, 0.717) is 6.04 Å². The zero-order valence-corrected chi connectivity index (χ0v) is 21.7. The predicted octanol–water partition coefficient (Wildman–Crippen LogP) is 6.28. The van der Waals surface area contributed by atoms with Crippen LogP contribution in [0.1, 0.15) is 12.8 Å². The van der Waals surface area contributed by atoms with Crippen molar-refractivity contribution in [3.8, 4) is 11.5 Å². The summed E-state index contributed by atoms with van der Waals surface area (Å²) in [6.45, 7) is 0.207. The van der Waals surface area contributed by atoms with Crippen molar-refractivity contribution in [2.75, 3.05) is 26.1 Å². The highest BCUT2D eigenvalue weighted by Crippen LogP contribution is 2.39. The number of benzene rings is 3. The smallest absolute Gasteiger partial charge is 0.404 e. The zero-order chi connectivity index (χ0) is 25.3. The first kappa shape index (κ1) is 25.7. The van der Waals surface area contributed by atoms with Gasteiger partial charge in [-0.2, -0.15) is 0 Å². The van der Waals surface area contributed by atoms with Crippen molar-refractivity contribution < 1.29 is 19.4 Å². The van der Waals surface area contributed by atoms with Crippen LogP contribution in [0.4, 0.5) is 10.5 Å². The minimum atomic E-state index is -1.05. The number of carbonyl (C=O) groups is 1. The first-order valence-corrected chi connectivity index (χ1v) is 13.1. The summed E-state index contributed by atoms with van der Waals surface area (Å²) in [6, 6.07) is 22.7. The van der Waals surface area contributed by atoms with Gasteiger partial charge in [-0.25, -0.2) is 4.79 Å². The Labute approximate surface area is 219 Å². The second-order valence-electron chi connectivity index (χ2n) is 8.06. The van der Waals surface area contributed by atoms with Crippen LogP contribution < -0.4 is 25.4 Å². The van der Waals surface area contributed by atoms with Gasteiger partial charge in [0, 0.05) is 32.2 Å². The summed E-state index contributed by atoms with van der Waals surface area (Å²) in [5.41, 5.74) is 0.934. The average molecular weight is 524 g/mol. The van der Waals surface area contributed by atoms with Crippen LogP contribution in [0.25, 0.3) is 0 Å². The van der Waals surface area contributed by atoms with Gasteiger partial charge in [-0.15, -0.1) is 0 Å². The molecule has 0 bridgehead atoms. The maximum atomic E-state index is 10.9. The molecule has 0 radical (unpaired) electrons. The summed E-state index contributed by atoms with van der Waals surface area (Å²) in [5.74, 6) is 2.42. The second kappa shape index (κ2) is 12.5. The molecule has 7 nitrogen and oxygen atoms in total. The molecule has 188 valence electrons. The SMILES string of the molecule is COc1ccc(Sc2ccc(Sc3ccc(OC)cc3)c(N/C(=C/CNC(=O)O)NC3CC3)c2)cc1. The number of nitrogens with one attached hydrogen (secondary N) is 3. The molecule has 4 N–H and O–H groups in total. The van der Waals surface area contributed by atoms with Crippen LogP contribution in [0.5, 0.6) is 11.5 Å². The lowest BCUT2D eigenvalue weighted by Gasteiger charge is -2.18. The van der Waals surface area contributed by atoms with Gasteiger partial charge in [0.1, 0.15) is 17.3 Å². The van der Waals surface area contributed by atoms with Gasteiger partial charge in [-0.05, 0) is 85.6 Å². The van der Waals surface area contributed by atoms with Crippen molar-refractivity contribution in [3.63, 3.8) is 0 Å². The van der Waals surface area contributed by atoms with Crippen molar-refractivity contribution in [1.29, 1.82) is 0 Å². The van der Waals surface area contributed by atoms with Crippen LogP contribution in [-0.2, 0) is 0 Å². The van der Waals surface area contributed by atoms with Crippen LogP contribution in [0.2, 0.25) is 0 Å². The van der Waals surface area contributed by atoms with Crippen molar-refractivity contribution in [3.05, 3.63) is 78.6 Å². The number of ether oxygens (including phenoxy) is 2. The van der Waals surface area contributed by atoms with E-state index in [4.69, 9.17) is 14.6 Å². The third-order valence-corrected chi connectivity index (χ3v) is 7.38. The molecule has 0 spiro atoms. The quantitative estimate of drug-likeness (QED) is 0.221. The number of rotatable bonds is 12. The first-order valence-electron chi connectivity index (χ1n) is 11.5. The van der Waals surface area contributed by atoms with Crippen LogP contribution in [0, 0.1) is 0 Å². The van der Waals surface area contributed by atoms with Gasteiger partial charge in [0.15, 0.2) is 0 Å². The molecule has 1 fully saturated rings. The number of amides is 1. The molecular formula is C27H29N3O4S2. The number of anilines is 1. The Morgan fingerprint density at radius 2 is 1.50 bits per heavy atom. The number of methoxy groups -OCH3 is 2. The Morgan fingerprint density at radius 1 is 0.917 bits per heavy atom. The number of carboxylic acid groups (broad SMARTS) is 1. The van der Waals surface area contributed by atoms with E-state index < -0.39 is 6.09 Å². The van der Waals surface area contributed by atoms with Gasteiger partial charge in [0.05, 0.1) is 19.9 Å². The van der Waals surface area contributed by atoms with Crippen molar-refractivity contribution in [2.24, 2.45) is 0 Å². The van der Waals surface area contributed by atoms with Gasteiger partial charge >= 0.3 is 6.09 Å². The van der Waals surface area contributed by atoms with E-state index in [9.17, 15) is 4.79 Å². The fraction of sp³-hybridized carbons (Fsp3) is 0.222. The van der Waals surface area contributed by atoms with E-state index in [0.717, 1.165) is 55.4 Å². The molecule has 3 aromatic rings. The highest BCUT2D eigenvalue weighted by atomic mass is 32.2. The summed E-state index contributed by atoms with van der Waals surface area (Å²) in [6.07, 6.45) is 2.99. The van der Waals surface area contributed by atoms with Gasteiger partial charge < -0.3 is 30.5 Å². The highest BCUT2D eigenvalue weighted by molar-refractivity contribution is 8.00. The van der Waals surface area contributed by atoms with Crippen LogP contribution in [-0.4, -0.2) is 38.0 Å². The van der Waals surface area contributed by atoms with E-state index >= 15 is 0 Å². The summed E-state index contributed by atoms with van der Waals surface area (Å²) in [7, 11) is 3.31. The largest absolute Gasteiger partial charge is 0.497 e. The van der Waals surface area contributed by atoms with E-state index in [2.05, 4.69) is 34.1 Å². The Morgan fingerprint density at radius 3 is 2.06 bits per heavy atom. The van der Waals surface area contributed by atoms with Gasteiger partial charge in [0.2, 0.25) is 0 Å². The molecule has 0 saturated heterocycles. The molecule has 0 atom stereocenters. The van der Waals surface area contributed by atoms with E-state index in [1.165, 1.54) is 0 Å². The molecule has 4 rings (SSSR count). The fourth-order valence-corrected chi connectivity index (χ4v) is 5.03. The van der Waals surface area contributed by atoms with Crippen molar-refractivity contribution in [1.82, 2.24) is 10.6 Å². The maximum Gasteiger partial charge on any atom is 0.404 e. The third kappa shape index (κ3) is 7.79. The van der Waals surface area contributed by atoms with Gasteiger partial charge in [-0.3, -0.25) is 0 Å². The van der Waals surface area contributed by atoms with E-state index in [1.807, 2.05) is 54.6 Å². The lowest BCUT2D eigenvalue weighted by atomic mass is 10.3. The summed E-state index contributed by atoms with van der Waals surface area (Å²) in [5, 5.41) is 18.4. The second-order valence-corrected chi connectivity index (χ2v) is 10.3.